The molecule has 0 saturated carbocycles. The van der Waals surface area contributed by atoms with E-state index in [4.69, 9.17) is 14.2 Å². The van der Waals surface area contributed by atoms with Gasteiger partial charge in [0.05, 0.1) is 9.40 Å². The number of unbranched alkanes of at least 4 members (excludes halogenated alkanes) is 1. The third kappa shape index (κ3) is 4.32. The lowest BCUT2D eigenvalue weighted by Gasteiger charge is -2.22. The van der Waals surface area contributed by atoms with Crippen LogP contribution in [0.4, 0.5) is 11.4 Å². The highest BCUT2D eigenvalue weighted by molar-refractivity contribution is 9.10. The molecule has 0 saturated heterocycles. The first-order valence-electron chi connectivity index (χ1n) is 7.18. The number of nitrogens with one attached hydrogen (secondary N) is 1. The number of carbonyl (C=O) groups is 1. The summed E-state index contributed by atoms with van der Waals surface area (Å²) < 4.78 is 16.5. The number of rotatable bonds is 7. The van der Waals surface area contributed by atoms with Crippen molar-refractivity contribution >= 4 is 33.2 Å². The van der Waals surface area contributed by atoms with E-state index in [1.165, 1.54) is 6.07 Å². The second kappa shape index (κ2) is 8.11. The van der Waals surface area contributed by atoms with E-state index in [0.29, 0.717) is 23.4 Å². The van der Waals surface area contributed by atoms with Crippen molar-refractivity contribution in [1.82, 2.24) is 0 Å². The number of nitro benzene ring substituents is 1. The van der Waals surface area contributed by atoms with Crippen molar-refractivity contribution in [2.75, 3.05) is 31.7 Å². The minimum Gasteiger partial charge on any atom is -0.485 e. The van der Waals surface area contributed by atoms with E-state index in [1.807, 2.05) is 6.92 Å². The topological polar surface area (TPSA) is 99.9 Å². The normalized spacial score (nSPS) is 12.8. The van der Waals surface area contributed by atoms with Gasteiger partial charge in [-0.3, -0.25) is 14.9 Å². The zero-order chi connectivity index (χ0) is 16.8. The van der Waals surface area contributed by atoms with E-state index >= 15 is 0 Å². The van der Waals surface area contributed by atoms with Gasteiger partial charge >= 0.3 is 0 Å². The molecule has 0 spiro atoms. The van der Waals surface area contributed by atoms with Crippen LogP contribution in [-0.2, 0) is 9.53 Å². The maximum atomic E-state index is 12.0. The number of nitro groups is 1. The van der Waals surface area contributed by atoms with E-state index in [2.05, 4.69) is 21.2 Å². The van der Waals surface area contributed by atoms with Gasteiger partial charge in [0, 0.05) is 12.7 Å². The van der Waals surface area contributed by atoms with Crippen LogP contribution in [0.25, 0.3) is 0 Å². The summed E-state index contributed by atoms with van der Waals surface area (Å²) in [5.41, 5.74) is -0.292. The molecule has 1 aromatic carbocycles. The van der Waals surface area contributed by atoms with Crippen molar-refractivity contribution in [3.63, 3.8) is 0 Å². The molecular weight excluding hydrogens is 372 g/mol. The summed E-state index contributed by atoms with van der Waals surface area (Å²) in [5, 5.41) is 13.7. The van der Waals surface area contributed by atoms with Crippen molar-refractivity contribution < 1.29 is 23.9 Å². The van der Waals surface area contributed by atoms with Gasteiger partial charge in [0.25, 0.3) is 11.6 Å². The Kier molecular flexibility index (Phi) is 6.17. The SMILES string of the molecule is CCCCOCC(=O)Nc1c([N+](=O)[O-])cc(Br)c2c1OCCO2. The average molecular weight is 389 g/mol. The first-order chi connectivity index (χ1) is 11.0. The molecule has 2 rings (SSSR count). The largest absolute Gasteiger partial charge is 0.485 e. The summed E-state index contributed by atoms with van der Waals surface area (Å²) in [6, 6.07) is 1.28. The molecule has 0 fully saturated rings. The molecule has 1 aliphatic heterocycles. The molecule has 0 aliphatic carbocycles. The Labute approximate surface area is 141 Å². The molecule has 1 amide bonds. The minimum atomic E-state index is -0.587. The van der Waals surface area contributed by atoms with Crippen LogP contribution in [0, 0.1) is 10.1 Å². The molecule has 0 radical (unpaired) electrons. The van der Waals surface area contributed by atoms with Crippen LogP contribution in [-0.4, -0.2) is 37.3 Å². The number of ether oxygens (including phenoxy) is 3. The lowest BCUT2D eigenvalue weighted by molar-refractivity contribution is -0.384. The number of anilines is 1. The second-order valence-electron chi connectivity index (χ2n) is 4.82. The van der Waals surface area contributed by atoms with Gasteiger partial charge in [0.15, 0.2) is 17.2 Å². The third-order valence-electron chi connectivity index (χ3n) is 3.08. The number of hydrogen-bond acceptors (Lipinski definition) is 6. The number of fused-ring (bicyclic) bond motifs is 1. The predicted octanol–water partition coefficient (Wildman–Crippen LogP) is 2.88. The number of halogens is 1. The van der Waals surface area contributed by atoms with Crippen LogP contribution < -0.4 is 14.8 Å². The van der Waals surface area contributed by atoms with Crippen LogP contribution in [0.15, 0.2) is 10.5 Å². The number of carbonyl (C=O) groups excluding carboxylic acids is 1. The van der Waals surface area contributed by atoms with E-state index in [1.54, 1.807) is 0 Å². The Bertz CT molecular complexity index is 607. The molecule has 0 bridgehead atoms. The highest BCUT2D eigenvalue weighted by Gasteiger charge is 2.29. The highest BCUT2D eigenvalue weighted by Crippen LogP contribution is 2.48. The van der Waals surface area contributed by atoms with Gasteiger partial charge in [-0.25, -0.2) is 0 Å². The molecule has 126 valence electrons. The van der Waals surface area contributed by atoms with Gasteiger partial charge < -0.3 is 19.5 Å². The Morgan fingerprint density at radius 1 is 1.43 bits per heavy atom. The van der Waals surface area contributed by atoms with Crippen LogP contribution in [0.1, 0.15) is 19.8 Å². The maximum absolute atomic E-state index is 12.0. The second-order valence-corrected chi connectivity index (χ2v) is 5.67. The van der Waals surface area contributed by atoms with Crippen LogP contribution in [0.3, 0.4) is 0 Å². The number of amides is 1. The number of nitrogens with zero attached hydrogens (tertiary/aromatic N) is 1. The molecule has 8 nitrogen and oxygen atoms in total. The Morgan fingerprint density at radius 2 is 2.13 bits per heavy atom. The summed E-state index contributed by atoms with van der Waals surface area (Å²) in [6.07, 6.45) is 1.80. The first-order valence-corrected chi connectivity index (χ1v) is 7.98. The molecule has 0 aromatic heterocycles. The van der Waals surface area contributed by atoms with Crippen LogP contribution in [0.2, 0.25) is 0 Å². The average Bonchev–Trinajstić information content (AvgIpc) is 2.54. The van der Waals surface area contributed by atoms with Gasteiger partial charge in [0.2, 0.25) is 0 Å². The molecule has 0 unspecified atom stereocenters. The van der Waals surface area contributed by atoms with Gasteiger partial charge in [-0.05, 0) is 22.4 Å². The molecule has 1 aromatic rings. The third-order valence-corrected chi connectivity index (χ3v) is 3.67. The molecule has 0 atom stereocenters. The Hall–Kier alpha value is -1.87. The summed E-state index contributed by atoms with van der Waals surface area (Å²) in [7, 11) is 0. The summed E-state index contributed by atoms with van der Waals surface area (Å²) in [4.78, 5) is 22.6. The van der Waals surface area contributed by atoms with Crippen molar-refractivity contribution in [2.24, 2.45) is 0 Å². The molecule has 9 heteroatoms. The molecule has 1 heterocycles. The van der Waals surface area contributed by atoms with Crippen LogP contribution >= 0.6 is 15.9 Å². The van der Waals surface area contributed by atoms with E-state index in [0.717, 1.165) is 12.8 Å². The van der Waals surface area contributed by atoms with Gasteiger partial charge in [0.1, 0.15) is 19.8 Å². The first kappa shape index (κ1) is 17.5. The minimum absolute atomic E-state index is 0.0167. The summed E-state index contributed by atoms with van der Waals surface area (Å²) in [5.74, 6) is 0.00573. The summed E-state index contributed by atoms with van der Waals surface area (Å²) in [6.45, 7) is 2.87. The molecular formula is C14H17BrN2O6. The lowest BCUT2D eigenvalue weighted by Crippen LogP contribution is -2.22. The number of hydrogen-bond donors (Lipinski definition) is 1. The standard InChI is InChI=1S/C14H17BrN2O6/c1-2-3-4-21-8-11(18)16-12-10(17(19)20)7-9(15)13-14(12)23-6-5-22-13/h7H,2-6,8H2,1H3,(H,16,18). The molecule has 1 aliphatic rings. The van der Waals surface area contributed by atoms with Crippen molar-refractivity contribution in [3.05, 3.63) is 20.7 Å². The monoisotopic (exact) mass is 388 g/mol. The van der Waals surface area contributed by atoms with Crippen LogP contribution in [0.5, 0.6) is 11.5 Å². The Balaban J connectivity index is 2.22. The highest BCUT2D eigenvalue weighted by atomic mass is 79.9. The van der Waals surface area contributed by atoms with E-state index in [-0.39, 0.29) is 30.3 Å². The quantitative estimate of drug-likeness (QED) is 0.437. The Morgan fingerprint density at radius 3 is 2.78 bits per heavy atom. The van der Waals surface area contributed by atoms with E-state index < -0.39 is 10.8 Å². The fraction of sp³-hybridized carbons (Fsp3) is 0.500. The van der Waals surface area contributed by atoms with Crippen molar-refractivity contribution in [3.8, 4) is 11.5 Å². The lowest BCUT2D eigenvalue weighted by atomic mass is 10.2. The molecule has 1 N–H and O–H groups in total. The van der Waals surface area contributed by atoms with E-state index in [9.17, 15) is 14.9 Å². The van der Waals surface area contributed by atoms with Crippen molar-refractivity contribution in [2.45, 2.75) is 19.8 Å². The predicted molar refractivity (Wildman–Crippen MR) is 86.1 cm³/mol. The maximum Gasteiger partial charge on any atom is 0.298 e. The zero-order valence-electron chi connectivity index (χ0n) is 12.6. The van der Waals surface area contributed by atoms with Gasteiger partial charge in [-0.2, -0.15) is 0 Å². The van der Waals surface area contributed by atoms with Gasteiger partial charge in [-0.1, -0.05) is 13.3 Å². The fourth-order valence-electron chi connectivity index (χ4n) is 2.01. The summed E-state index contributed by atoms with van der Waals surface area (Å²) >= 11 is 3.21. The van der Waals surface area contributed by atoms with Gasteiger partial charge in [-0.15, -0.1) is 0 Å². The zero-order valence-corrected chi connectivity index (χ0v) is 14.2. The smallest absolute Gasteiger partial charge is 0.298 e. The molecule has 23 heavy (non-hydrogen) atoms. The van der Waals surface area contributed by atoms with Crippen molar-refractivity contribution in [1.29, 1.82) is 0 Å². The number of benzene rings is 1. The fourth-order valence-corrected chi connectivity index (χ4v) is 2.52.